The van der Waals surface area contributed by atoms with Gasteiger partial charge in [0.05, 0.1) is 22.5 Å². The number of fused-ring (bicyclic) bond motifs is 7. The van der Waals surface area contributed by atoms with Gasteiger partial charge in [0.15, 0.2) is 0 Å². The van der Waals surface area contributed by atoms with Gasteiger partial charge in [0.25, 0.3) is 20.2 Å². The van der Waals surface area contributed by atoms with Crippen molar-refractivity contribution in [2.45, 2.75) is 134 Å². The molecular formula is C51H66O7S2. The standard InChI is InChI=1S/C51H66O7S2/c1-33(2)10-6-11-34(3)47-23-24-48-46-20-17-37-32-38(25-27-50(37,4)49(46)26-28-51(47,48)5)58-29-9-16-45(43-14-7-12-35-30-39(59(52,53)54)18-21-41(35)43)44-15-8-13-36-31-40(60(55,56)57)19-22-42(36)44/h7-8,12-16,18-19,21-22,30-31,33-34,37-38,46-49H,6,9-11,17,20,23-29,32H2,1-5H3,(H,52,53,54)(H,55,56,57)/t34-,37+,38+,46+,47-,48+,49+,50+,51-/m1/s1. The van der Waals surface area contributed by atoms with Crippen molar-refractivity contribution in [3.8, 4) is 0 Å². The summed E-state index contributed by atoms with van der Waals surface area (Å²) < 4.78 is 74.4. The lowest BCUT2D eigenvalue weighted by molar-refractivity contribution is -0.136. The molecule has 0 bridgehead atoms. The number of rotatable bonds is 13. The van der Waals surface area contributed by atoms with Gasteiger partial charge >= 0.3 is 0 Å². The molecule has 2 N–H and O–H groups in total. The van der Waals surface area contributed by atoms with Gasteiger partial charge < -0.3 is 4.74 Å². The zero-order valence-corrected chi connectivity index (χ0v) is 37.9. The van der Waals surface area contributed by atoms with Crippen molar-refractivity contribution in [2.75, 3.05) is 6.61 Å². The zero-order valence-electron chi connectivity index (χ0n) is 36.3. The van der Waals surface area contributed by atoms with Crippen LogP contribution in [0.1, 0.15) is 129 Å². The molecule has 9 heteroatoms. The molecule has 0 amide bonds. The highest BCUT2D eigenvalue weighted by molar-refractivity contribution is 7.86. The SMILES string of the molecule is CC(C)CCC[C@@H](C)[C@H]1CC[C@H]2[C@@H]3CC[C@H]4C[C@@H](OCCC=C(c5cccc6cc(S(=O)(=O)O)ccc56)c5cccc6cc(S(=O)(=O)O)ccc56)CC[C@]4(C)[C@H]3CC[C@]12C. The second-order valence-corrected chi connectivity index (χ2v) is 23.0. The van der Waals surface area contributed by atoms with E-state index in [9.17, 15) is 25.9 Å². The van der Waals surface area contributed by atoms with Crippen LogP contribution in [0.5, 0.6) is 0 Å². The average Bonchev–Trinajstić information content (AvgIpc) is 3.56. The molecule has 4 aliphatic rings. The van der Waals surface area contributed by atoms with Crippen LogP contribution >= 0.6 is 0 Å². The van der Waals surface area contributed by atoms with Crippen LogP contribution in [0.3, 0.4) is 0 Å². The number of ether oxygens (including phenoxy) is 1. The molecule has 4 aromatic carbocycles. The van der Waals surface area contributed by atoms with Crippen molar-refractivity contribution < 1.29 is 30.7 Å². The minimum atomic E-state index is -4.39. The fraction of sp³-hybridized carbons (Fsp3) is 0.569. The number of benzene rings is 4. The molecule has 8 rings (SSSR count). The van der Waals surface area contributed by atoms with Gasteiger partial charge in [0.1, 0.15) is 0 Å². The summed E-state index contributed by atoms with van der Waals surface area (Å²) in [5, 5.41) is 2.97. The van der Waals surface area contributed by atoms with Crippen LogP contribution < -0.4 is 0 Å². The maximum atomic E-state index is 12.0. The smallest absolute Gasteiger partial charge is 0.294 e. The Labute approximate surface area is 359 Å². The van der Waals surface area contributed by atoms with E-state index >= 15 is 0 Å². The van der Waals surface area contributed by atoms with Crippen molar-refractivity contribution in [2.24, 2.45) is 52.3 Å². The molecule has 0 unspecified atom stereocenters. The lowest BCUT2D eigenvalue weighted by Gasteiger charge is -2.61. The lowest BCUT2D eigenvalue weighted by Crippen LogP contribution is -2.54. The normalized spacial score (nSPS) is 29.9. The van der Waals surface area contributed by atoms with Crippen LogP contribution in [0.2, 0.25) is 0 Å². The highest BCUT2D eigenvalue weighted by Crippen LogP contribution is 2.68. The molecule has 324 valence electrons. The van der Waals surface area contributed by atoms with Crippen molar-refractivity contribution >= 4 is 47.4 Å². The highest BCUT2D eigenvalue weighted by atomic mass is 32.2. The Kier molecular flexibility index (Phi) is 12.3. The molecule has 0 aromatic heterocycles. The maximum absolute atomic E-state index is 12.0. The molecule has 0 radical (unpaired) electrons. The van der Waals surface area contributed by atoms with E-state index in [-0.39, 0.29) is 15.9 Å². The van der Waals surface area contributed by atoms with Gasteiger partial charge in [-0.25, -0.2) is 0 Å². The first-order valence-electron chi connectivity index (χ1n) is 22.8. The summed E-state index contributed by atoms with van der Waals surface area (Å²) in [6, 6.07) is 20.6. The van der Waals surface area contributed by atoms with E-state index in [1.54, 1.807) is 12.1 Å². The minimum absolute atomic E-state index is 0.169. The molecule has 60 heavy (non-hydrogen) atoms. The molecule has 4 aromatic rings. The van der Waals surface area contributed by atoms with Crippen LogP contribution in [0, 0.1) is 52.3 Å². The van der Waals surface area contributed by atoms with E-state index in [1.165, 1.54) is 88.5 Å². The maximum Gasteiger partial charge on any atom is 0.294 e. The van der Waals surface area contributed by atoms with Gasteiger partial charge in [-0.05, 0) is 179 Å². The van der Waals surface area contributed by atoms with Gasteiger partial charge in [0, 0.05) is 0 Å². The van der Waals surface area contributed by atoms with E-state index in [0.717, 1.165) is 75.8 Å². The van der Waals surface area contributed by atoms with E-state index in [1.807, 2.05) is 36.4 Å². The monoisotopic (exact) mass is 854 g/mol. The summed E-state index contributed by atoms with van der Waals surface area (Å²) in [6.07, 6.45) is 19.0. The molecular weight excluding hydrogens is 789 g/mol. The van der Waals surface area contributed by atoms with Gasteiger partial charge in [-0.2, -0.15) is 16.8 Å². The third kappa shape index (κ3) is 8.39. The Morgan fingerprint density at radius 1 is 0.733 bits per heavy atom. The summed E-state index contributed by atoms with van der Waals surface area (Å²) in [7, 11) is -8.77. The van der Waals surface area contributed by atoms with Crippen molar-refractivity contribution in [3.05, 3.63) is 90.0 Å². The molecule has 4 aliphatic carbocycles. The summed E-state index contributed by atoms with van der Waals surface area (Å²) in [4.78, 5) is -0.338. The van der Waals surface area contributed by atoms with E-state index in [0.29, 0.717) is 40.5 Å². The second-order valence-electron chi connectivity index (χ2n) is 20.2. The Balaban J connectivity index is 0.983. The largest absolute Gasteiger partial charge is 0.378 e. The van der Waals surface area contributed by atoms with Crippen molar-refractivity contribution in [1.82, 2.24) is 0 Å². The molecule has 4 saturated carbocycles. The highest BCUT2D eigenvalue weighted by Gasteiger charge is 2.60. The summed E-state index contributed by atoms with van der Waals surface area (Å²) >= 11 is 0. The quantitative estimate of drug-likeness (QED) is 0.102. The molecule has 7 nitrogen and oxygen atoms in total. The number of hydrogen-bond donors (Lipinski definition) is 2. The van der Waals surface area contributed by atoms with E-state index in [2.05, 4.69) is 40.7 Å². The van der Waals surface area contributed by atoms with Crippen molar-refractivity contribution in [1.29, 1.82) is 0 Å². The minimum Gasteiger partial charge on any atom is -0.378 e. The van der Waals surface area contributed by atoms with Crippen LogP contribution in [0.15, 0.2) is 88.7 Å². The second kappa shape index (κ2) is 16.9. The predicted molar refractivity (Wildman–Crippen MR) is 242 cm³/mol. The Morgan fingerprint density at radius 2 is 1.33 bits per heavy atom. The Bertz CT molecular complexity index is 2360. The zero-order chi connectivity index (χ0) is 42.6. The van der Waals surface area contributed by atoms with Crippen LogP contribution in [0.25, 0.3) is 27.1 Å². The molecule has 0 saturated heterocycles. The Morgan fingerprint density at radius 3 is 1.93 bits per heavy atom. The third-order valence-electron chi connectivity index (χ3n) is 16.5. The van der Waals surface area contributed by atoms with Gasteiger partial charge in [0.2, 0.25) is 0 Å². The average molecular weight is 855 g/mol. The van der Waals surface area contributed by atoms with E-state index < -0.39 is 20.2 Å². The summed E-state index contributed by atoms with van der Waals surface area (Å²) in [5.74, 6) is 5.82. The first kappa shape index (κ1) is 43.6. The number of hydrogen-bond acceptors (Lipinski definition) is 5. The third-order valence-corrected chi connectivity index (χ3v) is 18.2. The molecule has 9 atom stereocenters. The fourth-order valence-electron chi connectivity index (χ4n) is 13.5. The first-order chi connectivity index (χ1) is 28.5. The predicted octanol–water partition coefficient (Wildman–Crippen LogP) is 12.8. The molecule has 0 aliphatic heterocycles. The van der Waals surface area contributed by atoms with Gasteiger partial charge in [-0.3, -0.25) is 9.11 Å². The molecule has 0 heterocycles. The van der Waals surface area contributed by atoms with Crippen LogP contribution in [-0.4, -0.2) is 38.7 Å². The molecule has 4 fully saturated rings. The van der Waals surface area contributed by atoms with Crippen LogP contribution in [0.4, 0.5) is 0 Å². The molecule has 0 spiro atoms. The topological polar surface area (TPSA) is 118 Å². The lowest BCUT2D eigenvalue weighted by atomic mass is 9.44. The van der Waals surface area contributed by atoms with Gasteiger partial charge in [-0.1, -0.05) is 108 Å². The fourth-order valence-corrected chi connectivity index (χ4v) is 14.5. The Hall–Kier alpha value is -3.08. The summed E-state index contributed by atoms with van der Waals surface area (Å²) in [6.45, 7) is 13.2. The van der Waals surface area contributed by atoms with Crippen LogP contribution in [-0.2, 0) is 25.0 Å². The van der Waals surface area contributed by atoms with Gasteiger partial charge in [-0.15, -0.1) is 0 Å². The van der Waals surface area contributed by atoms with Crippen molar-refractivity contribution in [3.63, 3.8) is 0 Å². The first-order valence-corrected chi connectivity index (χ1v) is 25.7. The summed E-state index contributed by atoms with van der Waals surface area (Å²) in [5.41, 5.74) is 3.57. The van der Waals surface area contributed by atoms with E-state index in [4.69, 9.17) is 4.74 Å².